The molecule has 3 heteroatoms. The molecule has 2 heterocycles. The molecular formula is C13H25NOS. The molecule has 0 amide bonds. The second-order valence-corrected chi connectivity index (χ2v) is 6.44. The molecule has 1 N–H and O–H groups in total. The number of nitrogens with one attached hydrogen (secondary N) is 1. The normalized spacial score (nSPS) is 30.2. The Bertz CT molecular complexity index is 188. The van der Waals surface area contributed by atoms with E-state index in [4.69, 9.17) is 4.74 Å². The lowest BCUT2D eigenvalue weighted by molar-refractivity contribution is 0.0606. The van der Waals surface area contributed by atoms with Crippen molar-refractivity contribution in [2.24, 2.45) is 5.92 Å². The topological polar surface area (TPSA) is 21.3 Å². The van der Waals surface area contributed by atoms with Gasteiger partial charge in [-0.2, -0.15) is 11.8 Å². The average Bonchev–Trinajstić information content (AvgIpc) is 2.38. The van der Waals surface area contributed by atoms with Gasteiger partial charge in [-0.25, -0.2) is 0 Å². The summed E-state index contributed by atoms with van der Waals surface area (Å²) < 4.78 is 5.43. The van der Waals surface area contributed by atoms with Crippen molar-refractivity contribution in [2.75, 3.05) is 26.0 Å². The molecule has 0 bridgehead atoms. The minimum atomic E-state index is 0.730. The van der Waals surface area contributed by atoms with E-state index in [2.05, 4.69) is 24.1 Å². The molecule has 0 radical (unpaired) electrons. The maximum atomic E-state index is 5.43. The largest absolute Gasteiger partial charge is 0.381 e. The highest BCUT2D eigenvalue weighted by atomic mass is 32.2. The molecule has 2 nitrogen and oxygen atoms in total. The highest BCUT2D eigenvalue weighted by Crippen LogP contribution is 2.31. The SMILES string of the molecule is CNC(CC1CCOCC1)C1CCCCS1. The Morgan fingerprint density at radius 1 is 1.25 bits per heavy atom. The fraction of sp³-hybridized carbons (Fsp3) is 1.00. The van der Waals surface area contributed by atoms with Crippen molar-refractivity contribution in [2.45, 2.75) is 49.8 Å². The first-order valence-corrected chi connectivity index (χ1v) is 7.81. The van der Waals surface area contributed by atoms with Crippen LogP contribution in [0.5, 0.6) is 0 Å². The monoisotopic (exact) mass is 243 g/mol. The van der Waals surface area contributed by atoms with Gasteiger partial charge in [0.2, 0.25) is 0 Å². The van der Waals surface area contributed by atoms with Crippen molar-refractivity contribution in [3.05, 3.63) is 0 Å². The summed E-state index contributed by atoms with van der Waals surface area (Å²) >= 11 is 2.19. The zero-order chi connectivity index (χ0) is 11.2. The van der Waals surface area contributed by atoms with Crippen LogP contribution in [0, 0.1) is 5.92 Å². The molecule has 94 valence electrons. The van der Waals surface area contributed by atoms with Crippen LogP contribution in [0.3, 0.4) is 0 Å². The quantitative estimate of drug-likeness (QED) is 0.820. The number of rotatable bonds is 4. The third kappa shape index (κ3) is 3.64. The van der Waals surface area contributed by atoms with Gasteiger partial charge < -0.3 is 10.1 Å². The summed E-state index contributed by atoms with van der Waals surface area (Å²) in [5, 5.41) is 4.42. The van der Waals surface area contributed by atoms with Crippen LogP contribution in [0.15, 0.2) is 0 Å². The van der Waals surface area contributed by atoms with Crippen LogP contribution in [0.1, 0.15) is 38.5 Å². The molecule has 2 aliphatic rings. The number of ether oxygens (including phenoxy) is 1. The molecule has 2 aliphatic heterocycles. The van der Waals surface area contributed by atoms with E-state index >= 15 is 0 Å². The Morgan fingerprint density at radius 3 is 2.69 bits per heavy atom. The molecule has 0 aliphatic carbocycles. The minimum absolute atomic E-state index is 0.730. The summed E-state index contributed by atoms with van der Waals surface area (Å²) in [5.74, 6) is 2.27. The molecule has 16 heavy (non-hydrogen) atoms. The Balaban J connectivity index is 1.78. The first-order chi connectivity index (χ1) is 7.90. The van der Waals surface area contributed by atoms with E-state index in [0.717, 1.165) is 30.4 Å². The lowest BCUT2D eigenvalue weighted by atomic mass is 9.90. The third-order valence-corrected chi connectivity index (χ3v) is 5.48. The van der Waals surface area contributed by atoms with Crippen molar-refractivity contribution >= 4 is 11.8 Å². The van der Waals surface area contributed by atoms with E-state index in [1.165, 1.54) is 44.3 Å². The molecule has 2 unspecified atom stereocenters. The molecule has 2 rings (SSSR count). The second kappa shape index (κ2) is 6.87. The van der Waals surface area contributed by atoms with Gasteiger partial charge in [0, 0.05) is 24.5 Å². The number of hydrogen-bond acceptors (Lipinski definition) is 3. The van der Waals surface area contributed by atoms with E-state index in [-0.39, 0.29) is 0 Å². The lowest BCUT2D eigenvalue weighted by Gasteiger charge is -2.33. The first-order valence-electron chi connectivity index (χ1n) is 6.76. The van der Waals surface area contributed by atoms with E-state index in [1.54, 1.807) is 0 Å². The Hall–Kier alpha value is 0.270. The molecule has 0 aromatic rings. The van der Waals surface area contributed by atoms with Crippen LogP contribution in [0.25, 0.3) is 0 Å². The van der Waals surface area contributed by atoms with Crippen LogP contribution in [-0.4, -0.2) is 37.3 Å². The molecule has 2 fully saturated rings. The highest BCUT2D eigenvalue weighted by Gasteiger charge is 2.26. The molecule has 0 spiro atoms. The van der Waals surface area contributed by atoms with Crippen LogP contribution in [-0.2, 0) is 4.74 Å². The maximum absolute atomic E-state index is 5.43. The number of thioether (sulfide) groups is 1. The Kier molecular flexibility index (Phi) is 5.46. The first kappa shape index (κ1) is 12.7. The smallest absolute Gasteiger partial charge is 0.0468 e. The van der Waals surface area contributed by atoms with E-state index < -0.39 is 0 Å². The predicted molar refractivity (Wildman–Crippen MR) is 71.1 cm³/mol. The summed E-state index contributed by atoms with van der Waals surface area (Å²) in [6, 6.07) is 0.730. The molecule has 0 aromatic carbocycles. The Morgan fingerprint density at radius 2 is 2.06 bits per heavy atom. The molecule has 2 saturated heterocycles. The van der Waals surface area contributed by atoms with Gasteiger partial charge in [0.15, 0.2) is 0 Å². The fourth-order valence-corrected chi connectivity index (χ4v) is 4.37. The van der Waals surface area contributed by atoms with E-state index in [9.17, 15) is 0 Å². The molecule has 0 saturated carbocycles. The molecular weight excluding hydrogens is 218 g/mol. The third-order valence-electron chi connectivity index (χ3n) is 3.96. The summed E-state index contributed by atoms with van der Waals surface area (Å²) in [4.78, 5) is 0. The van der Waals surface area contributed by atoms with Crippen molar-refractivity contribution in [3.63, 3.8) is 0 Å². The van der Waals surface area contributed by atoms with Crippen LogP contribution in [0.2, 0.25) is 0 Å². The zero-order valence-electron chi connectivity index (χ0n) is 10.4. The second-order valence-electron chi connectivity index (χ2n) is 5.09. The lowest BCUT2D eigenvalue weighted by Crippen LogP contribution is -2.39. The fourth-order valence-electron chi connectivity index (χ4n) is 2.88. The van der Waals surface area contributed by atoms with E-state index in [1.807, 2.05) is 0 Å². The minimum Gasteiger partial charge on any atom is -0.381 e. The zero-order valence-corrected chi connectivity index (χ0v) is 11.2. The van der Waals surface area contributed by atoms with Crippen molar-refractivity contribution in [1.29, 1.82) is 0 Å². The summed E-state index contributed by atoms with van der Waals surface area (Å²) in [6.07, 6.45) is 8.18. The highest BCUT2D eigenvalue weighted by molar-refractivity contribution is 8.00. The van der Waals surface area contributed by atoms with Crippen molar-refractivity contribution in [3.8, 4) is 0 Å². The summed E-state index contributed by atoms with van der Waals surface area (Å²) in [7, 11) is 2.14. The average molecular weight is 243 g/mol. The van der Waals surface area contributed by atoms with Gasteiger partial charge in [-0.05, 0) is 50.8 Å². The maximum Gasteiger partial charge on any atom is 0.0468 e. The summed E-state index contributed by atoms with van der Waals surface area (Å²) in [6.45, 7) is 1.97. The van der Waals surface area contributed by atoms with Gasteiger partial charge in [0.25, 0.3) is 0 Å². The number of hydrogen-bond donors (Lipinski definition) is 1. The van der Waals surface area contributed by atoms with E-state index in [0.29, 0.717) is 0 Å². The van der Waals surface area contributed by atoms with Gasteiger partial charge in [0.05, 0.1) is 0 Å². The molecule has 0 aromatic heterocycles. The van der Waals surface area contributed by atoms with Crippen LogP contribution >= 0.6 is 11.8 Å². The van der Waals surface area contributed by atoms with Crippen molar-refractivity contribution in [1.82, 2.24) is 5.32 Å². The van der Waals surface area contributed by atoms with Crippen molar-refractivity contribution < 1.29 is 4.74 Å². The van der Waals surface area contributed by atoms with Gasteiger partial charge >= 0.3 is 0 Å². The Labute approximate surface area is 104 Å². The molecule has 2 atom stereocenters. The van der Waals surface area contributed by atoms with Crippen LogP contribution < -0.4 is 5.32 Å². The van der Waals surface area contributed by atoms with Crippen LogP contribution in [0.4, 0.5) is 0 Å². The van der Waals surface area contributed by atoms with Gasteiger partial charge in [-0.1, -0.05) is 6.42 Å². The standard InChI is InChI=1S/C13H25NOS/c1-14-12(13-4-2-3-9-16-13)10-11-5-7-15-8-6-11/h11-14H,2-10H2,1H3. The van der Waals surface area contributed by atoms with Gasteiger partial charge in [0.1, 0.15) is 0 Å². The van der Waals surface area contributed by atoms with Gasteiger partial charge in [-0.3, -0.25) is 0 Å². The van der Waals surface area contributed by atoms with Gasteiger partial charge in [-0.15, -0.1) is 0 Å². The summed E-state index contributed by atoms with van der Waals surface area (Å²) in [5.41, 5.74) is 0. The predicted octanol–water partition coefficient (Wildman–Crippen LogP) is 2.68.